The van der Waals surface area contributed by atoms with E-state index in [-0.39, 0.29) is 6.04 Å². The van der Waals surface area contributed by atoms with Gasteiger partial charge in [-0.3, -0.25) is 4.68 Å². The maximum Gasteiger partial charge on any atom is 0.119 e. The van der Waals surface area contributed by atoms with Crippen molar-refractivity contribution in [2.45, 2.75) is 26.3 Å². The first-order valence-corrected chi connectivity index (χ1v) is 6.66. The SMILES string of the molecule is CCOc1ccc(C(N)c2cn(C)nc2CC)cc1. The summed E-state index contributed by atoms with van der Waals surface area (Å²) in [5, 5.41) is 4.43. The van der Waals surface area contributed by atoms with Gasteiger partial charge >= 0.3 is 0 Å². The second-order valence-corrected chi connectivity index (χ2v) is 4.54. The second kappa shape index (κ2) is 5.89. The molecule has 1 unspecified atom stereocenters. The number of ether oxygens (including phenoxy) is 1. The third-order valence-corrected chi connectivity index (χ3v) is 3.16. The molecule has 0 amide bonds. The Morgan fingerprint density at radius 2 is 1.95 bits per heavy atom. The van der Waals surface area contributed by atoms with Crippen LogP contribution in [-0.4, -0.2) is 16.4 Å². The lowest BCUT2D eigenvalue weighted by atomic mass is 9.99. The summed E-state index contributed by atoms with van der Waals surface area (Å²) < 4.78 is 7.26. The summed E-state index contributed by atoms with van der Waals surface area (Å²) in [7, 11) is 1.92. The Morgan fingerprint density at radius 1 is 1.26 bits per heavy atom. The Kier molecular flexibility index (Phi) is 4.22. The fourth-order valence-electron chi connectivity index (χ4n) is 2.21. The molecule has 19 heavy (non-hydrogen) atoms. The molecule has 102 valence electrons. The molecule has 0 aliphatic heterocycles. The highest BCUT2D eigenvalue weighted by Gasteiger charge is 2.15. The van der Waals surface area contributed by atoms with E-state index >= 15 is 0 Å². The summed E-state index contributed by atoms with van der Waals surface area (Å²) in [6.45, 7) is 4.74. The third kappa shape index (κ3) is 2.96. The van der Waals surface area contributed by atoms with Crippen molar-refractivity contribution in [3.05, 3.63) is 47.3 Å². The molecular weight excluding hydrogens is 238 g/mol. The molecule has 4 heteroatoms. The van der Waals surface area contributed by atoms with E-state index in [1.807, 2.05) is 49.1 Å². The van der Waals surface area contributed by atoms with Gasteiger partial charge in [0.15, 0.2) is 0 Å². The van der Waals surface area contributed by atoms with Gasteiger partial charge in [0.1, 0.15) is 5.75 Å². The zero-order valence-corrected chi connectivity index (χ0v) is 11.8. The maximum atomic E-state index is 6.34. The molecular formula is C15H21N3O. The smallest absolute Gasteiger partial charge is 0.119 e. The van der Waals surface area contributed by atoms with Crippen LogP contribution < -0.4 is 10.5 Å². The van der Waals surface area contributed by atoms with Crippen LogP contribution in [0.4, 0.5) is 0 Å². The largest absolute Gasteiger partial charge is 0.494 e. The fraction of sp³-hybridized carbons (Fsp3) is 0.400. The van der Waals surface area contributed by atoms with Crippen molar-refractivity contribution in [2.24, 2.45) is 12.8 Å². The molecule has 1 aromatic carbocycles. The van der Waals surface area contributed by atoms with Crippen LogP contribution in [0.3, 0.4) is 0 Å². The quantitative estimate of drug-likeness (QED) is 0.897. The zero-order chi connectivity index (χ0) is 13.8. The van der Waals surface area contributed by atoms with Crippen LogP contribution in [-0.2, 0) is 13.5 Å². The van der Waals surface area contributed by atoms with Crippen molar-refractivity contribution in [3.63, 3.8) is 0 Å². The molecule has 2 rings (SSSR count). The molecule has 2 N–H and O–H groups in total. The van der Waals surface area contributed by atoms with E-state index in [1.54, 1.807) is 0 Å². The molecule has 0 spiro atoms. The van der Waals surface area contributed by atoms with E-state index in [0.717, 1.165) is 29.0 Å². The first-order valence-electron chi connectivity index (χ1n) is 6.66. The van der Waals surface area contributed by atoms with Crippen LogP contribution in [0.1, 0.15) is 36.7 Å². The number of hydrogen-bond donors (Lipinski definition) is 1. The third-order valence-electron chi connectivity index (χ3n) is 3.16. The summed E-state index contributed by atoms with van der Waals surface area (Å²) in [5.41, 5.74) is 9.56. The van der Waals surface area contributed by atoms with Crippen LogP contribution >= 0.6 is 0 Å². The minimum atomic E-state index is -0.140. The lowest BCUT2D eigenvalue weighted by molar-refractivity contribution is 0.340. The van der Waals surface area contributed by atoms with Crippen LogP contribution in [0, 0.1) is 0 Å². The van der Waals surface area contributed by atoms with Gasteiger partial charge in [-0.1, -0.05) is 19.1 Å². The minimum Gasteiger partial charge on any atom is -0.494 e. The lowest BCUT2D eigenvalue weighted by Gasteiger charge is -2.12. The first kappa shape index (κ1) is 13.6. The summed E-state index contributed by atoms with van der Waals surface area (Å²) >= 11 is 0. The molecule has 0 radical (unpaired) electrons. The maximum absolute atomic E-state index is 6.34. The van der Waals surface area contributed by atoms with Gasteiger partial charge in [0.05, 0.1) is 18.3 Å². The highest BCUT2D eigenvalue weighted by Crippen LogP contribution is 2.24. The number of rotatable bonds is 5. The van der Waals surface area contributed by atoms with Gasteiger partial charge in [0.2, 0.25) is 0 Å². The van der Waals surface area contributed by atoms with E-state index in [0.29, 0.717) is 6.61 Å². The van der Waals surface area contributed by atoms with Crippen LogP contribution in [0.2, 0.25) is 0 Å². The van der Waals surface area contributed by atoms with Gasteiger partial charge in [-0.05, 0) is 31.0 Å². The predicted molar refractivity (Wildman–Crippen MR) is 76.2 cm³/mol. The van der Waals surface area contributed by atoms with E-state index < -0.39 is 0 Å². The normalized spacial score (nSPS) is 12.4. The number of hydrogen-bond acceptors (Lipinski definition) is 3. The first-order chi connectivity index (χ1) is 9.15. The monoisotopic (exact) mass is 259 g/mol. The Labute approximate surface area is 114 Å². The van der Waals surface area contributed by atoms with E-state index in [9.17, 15) is 0 Å². The van der Waals surface area contributed by atoms with E-state index in [1.165, 1.54) is 0 Å². The highest BCUT2D eigenvalue weighted by molar-refractivity contribution is 5.36. The van der Waals surface area contributed by atoms with Crippen molar-refractivity contribution in [1.82, 2.24) is 9.78 Å². The van der Waals surface area contributed by atoms with Crippen molar-refractivity contribution in [1.29, 1.82) is 0 Å². The average Bonchev–Trinajstić information content (AvgIpc) is 2.80. The molecule has 1 aromatic heterocycles. The molecule has 4 nitrogen and oxygen atoms in total. The number of benzene rings is 1. The summed E-state index contributed by atoms with van der Waals surface area (Å²) in [5.74, 6) is 0.875. The van der Waals surface area contributed by atoms with Crippen LogP contribution in [0.25, 0.3) is 0 Å². The Morgan fingerprint density at radius 3 is 2.53 bits per heavy atom. The van der Waals surface area contributed by atoms with Crippen molar-refractivity contribution < 1.29 is 4.74 Å². The summed E-state index contributed by atoms with van der Waals surface area (Å²) in [6.07, 6.45) is 2.89. The molecule has 0 bridgehead atoms. The van der Waals surface area contributed by atoms with Gasteiger partial charge < -0.3 is 10.5 Å². The average molecular weight is 259 g/mol. The number of nitrogens with zero attached hydrogens (tertiary/aromatic N) is 2. The molecule has 0 saturated heterocycles. The van der Waals surface area contributed by atoms with Gasteiger partial charge in [0, 0.05) is 18.8 Å². The minimum absolute atomic E-state index is 0.140. The van der Waals surface area contributed by atoms with E-state index in [2.05, 4.69) is 12.0 Å². The summed E-state index contributed by atoms with van der Waals surface area (Å²) in [6, 6.07) is 7.81. The van der Waals surface area contributed by atoms with Gasteiger partial charge in [0.25, 0.3) is 0 Å². The number of nitrogens with two attached hydrogens (primary N) is 1. The Bertz CT molecular complexity index is 531. The molecule has 0 fully saturated rings. The van der Waals surface area contributed by atoms with E-state index in [4.69, 9.17) is 10.5 Å². The zero-order valence-electron chi connectivity index (χ0n) is 11.8. The predicted octanol–water partition coefficient (Wildman–Crippen LogP) is 2.43. The van der Waals surface area contributed by atoms with Gasteiger partial charge in [-0.25, -0.2) is 0 Å². The number of aryl methyl sites for hydroxylation is 2. The van der Waals surface area contributed by atoms with Crippen molar-refractivity contribution >= 4 is 0 Å². The van der Waals surface area contributed by atoms with Gasteiger partial charge in [-0.2, -0.15) is 5.10 Å². The fourth-order valence-corrected chi connectivity index (χ4v) is 2.21. The number of aromatic nitrogens is 2. The molecule has 0 aliphatic carbocycles. The Balaban J connectivity index is 2.25. The molecule has 2 aromatic rings. The standard InChI is InChI=1S/C15H21N3O/c1-4-14-13(10-18(3)17-14)15(16)11-6-8-12(9-7-11)19-5-2/h6-10,15H,4-5,16H2,1-3H3. The topological polar surface area (TPSA) is 53.1 Å². The molecule has 1 heterocycles. The summed E-state index contributed by atoms with van der Waals surface area (Å²) in [4.78, 5) is 0. The van der Waals surface area contributed by atoms with Crippen molar-refractivity contribution in [2.75, 3.05) is 6.61 Å². The lowest BCUT2D eigenvalue weighted by Crippen LogP contribution is -2.13. The molecule has 0 saturated carbocycles. The molecule has 0 aliphatic rings. The molecule has 1 atom stereocenters. The second-order valence-electron chi connectivity index (χ2n) is 4.54. The Hall–Kier alpha value is -1.81. The van der Waals surface area contributed by atoms with Crippen molar-refractivity contribution in [3.8, 4) is 5.75 Å². The van der Waals surface area contributed by atoms with Crippen LogP contribution in [0.5, 0.6) is 5.75 Å². The van der Waals surface area contributed by atoms with Gasteiger partial charge in [-0.15, -0.1) is 0 Å². The van der Waals surface area contributed by atoms with Crippen LogP contribution in [0.15, 0.2) is 30.5 Å². The highest BCUT2D eigenvalue weighted by atomic mass is 16.5.